The molecule has 0 aliphatic rings. The number of aliphatic carboxylic acids is 1. The van der Waals surface area contributed by atoms with Crippen molar-refractivity contribution in [2.24, 2.45) is 5.41 Å². The smallest absolute Gasteiger partial charge is 0.319 e. The molecular weight excluding hydrogens is 336 g/mol. The Morgan fingerprint density at radius 2 is 1.95 bits per heavy atom. The van der Waals surface area contributed by atoms with Gasteiger partial charge in [-0.15, -0.1) is 0 Å². The average molecular weight is 357 g/mol. The van der Waals surface area contributed by atoms with Crippen molar-refractivity contribution in [1.82, 2.24) is 5.32 Å². The summed E-state index contributed by atoms with van der Waals surface area (Å²) in [6, 6.07) is 4.62. The lowest BCUT2D eigenvalue weighted by Crippen LogP contribution is -2.46. The fourth-order valence-electron chi connectivity index (χ4n) is 1.74. The molecule has 1 aromatic rings. The first-order chi connectivity index (χ1) is 9.59. The fraction of sp³-hybridized carbons (Fsp3) is 0.467. The number of hydrogen-bond acceptors (Lipinski definition) is 2. The Labute approximate surface area is 133 Å². The van der Waals surface area contributed by atoms with Gasteiger partial charge in [0.05, 0.1) is 6.42 Å². The van der Waals surface area contributed by atoms with E-state index in [1.165, 1.54) is 0 Å². The van der Waals surface area contributed by atoms with E-state index in [1.54, 1.807) is 12.1 Å². The Balaban J connectivity index is 2.73. The number of carbonyl (C=O) groups excluding carboxylic acids is 1. The maximum atomic E-state index is 12.0. The SMILES string of the molecule is Cc1ccc(NC(=O)NC(CC(=O)O)C(C)(C)C)cc1Br. The molecule has 0 spiro atoms. The summed E-state index contributed by atoms with van der Waals surface area (Å²) in [6.45, 7) is 7.63. The number of urea groups is 1. The summed E-state index contributed by atoms with van der Waals surface area (Å²) >= 11 is 3.40. The minimum absolute atomic E-state index is 0.117. The van der Waals surface area contributed by atoms with Crippen molar-refractivity contribution in [1.29, 1.82) is 0 Å². The van der Waals surface area contributed by atoms with Crippen LogP contribution in [0.4, 0.5) is 10.5 Å². The number of halogens is 1. The number of rotatable bonds is 4. The number of carbonyl (C=O) groups is 2. The minimum atomic E-state index is -0.937. The number of anilines is 1. The first kappa shape index (κ1) is 17.5. The molecule has 0 fully saturated rings. The normalized spacial score (nSPS) is 12.6. The highest BCUT2D eigenvalue weighted by molar-refractivity contribution is 9.10. The number of carboxylic acids is 1. The summed E-state index contributed by atoms with van der Waals surface area (Å²) in [6.07, 6.45) is -0.117. The third kappa shape index (κ3) is 5.75. The lowest BCUT2D eigenvalue weighted by atomic mass is 9.85. The molecule has 1 aromatic carbocycles. The van der Waals surface area contributed by atoms with Gasteiger partial charge >= 0.3 is 12.0 Å². The highest BCUT2D eigenvalue weighted by Crippen LogP contribution is 2.23. The Morgan fingerprint density at radius 1 is 1.33 bits per heavy atom. The van der Waals surface area contributed by atoms with Gasteiger partial charge in [-0.2, -0.15) is 0 Å². The fourth-order valence-corrected chi connectivity index (χ4v) is 2.12. The molecule has 0 aliphatic carbocycles. The third-order valence-electron chi connectivity index (χ3n) is 3.16. The molecular formula is C15H21BrN2O3. The van der Waals surface area contributed by atoms with Crippen LogP contribution in [0.5, 0.6) is 0 Å². The van der Waals surface area contributed by atoms with Crippen molar-refractivity contribution < 1.29 is 14.7 Å². The van der Waals surface area contributed by atoms with Crippen molar-refractivity contribution in [3.63, 3.8) is 0 Å². The molecule has 2 amide bonds. The molecule has 0 heterocycles. The number of amides is 2. The highest BCUT2D eigenvalue weighted by Gasteiger charge is 2.28. The van der Waals surface area contributed by atoms with Crippen LogP contribution in [0.15, 0.2) is 22.7 Å². The van der Waals surface area contributed by atoms with E-state index in [4.69, 9.17) is 5.11 Å². The van der Waals surface area contributed by atoms with E-state index < -0.39 is 18.0 Å². The number of aryl methyl sites for hydroxylation is 1. The minimum Gasteiger partial charge on any atom is -0.481 e. The van der Waals surface area contributed by atoms with Crippen LogP contribution < -0.4 is 10.6 Å². The zero-order chi connectivity index (χ0) is 16.2. The van der Waals surface area contributed by atoms with Gasteiger partial charge in [0.25, 0.3) is 0 Å². The predicted molar refractivity (Wildman–Crippen MR) is 86.5 cm³/mol. The summed E-state index contributed by atoms with van der Waals surface area (Å²) in [5.74, 6) is -0.937. The van der Waals surface area contributed by atoms with E-state index in [1.807, 2.05) is 33.8 Å². The molecule has 0 bridgehead atoms. The van der Waals surface area contributed by atoms with E-state index in [2.05, 4.69) is 26.6 Å². The lowest BCUT2D eigenvalue weighted by Gasteiger charge is -2.30. The van der Waals surface area contributed by atoms with Crippen LogP contribution in [0.3, 0.4) is 0 Å². The second kappa shape index (κ2) is 6.93. The standard InChI is InChI=1S/C15H21BrN2O3/c1-9-5-6-10(7-11(9)16)17-14(21)18-12(8-13(19)20)15(2,3)4/h5-7,12H,8H2,1-4H3,(H,19,20)(H2,17,18,21). The second-order valence-electron chi connectivity index (χ2n) is 6.08. The third-order valence-corrected chi connectivity index (χ3v) is 4.01. The summed E-state index contributed by atoms with van der Waals surface area (Å²) in [5, 5.41) is 14.4. The highest BCUT2D eigenvalue weighted by atomic mass is 79.9. The molecule has 5 nitrogen and oxygen atoms in total. The Kier molecular flexibility index (Phi) is 5.78. The number of benzene rings is 1. The van der Waals surface area contributed by atoms with Gasteiger partial charge in [-0.05, 0) is 30.0 Å². The molecule has 0 aliphatic heterocycles. The topological polar surface area (TPSA) is 78.4 Å². The Bertz CT molecular complexity index is 538. The van der Waals surface area contributed by atoms with Crippen molar-refractivity contribution in [2.45, 2.75) is 40.2 Å². The van der Waals surface area contributed by atoms with Gasteiger partial charge in [0.2, 0.25) is 0 Å². The van der Waals surface area contributed by atoms with Crippen molar-refractivity contribution in [3.8, 4) is 0 Å². The largest absolute Gasteiger partial charge is 0.481 e. The maximum absolute atomic E-state index is 12.0. The first-order valence-electron chi connectivity index (χ1n) is 6.65. The summed E-state index contributed by atoms with van der Waals surface area (Å²) in [5.41, 5.74) is 1.37. The summed E-state index contributed by atoms with van der Waals surface area (Å²) < 4.78 is 0.901. The first-order valence-corrected chi connectivity index (χ1v) is 7.44. The van der Waals surface area contributed by atoms with Gasteiger partial charge in [-0.3, -0.25) is 4.79 Å². The van der Waals surface area contributed by atoms with Gasteiger partial charge in [0.15, 0.2) is 0 Å². The van der Waals surface area contributed by atoms with E-state index in [0.717, 1.165) is 10.0 Å². The molecule has 116 valence electrons. The van der Waals surface area contributed by atoms with Gasteiger partial charge in [0.1, 0.15) is 0 Å². The van der Waals surface area contributed by atoms with Gasteiger partial charge in [-0.1, -0.05) is 42.8 Å². The van der Waals surface area contributed by atoms with Crippen LogP contribution in [-0.2, 0) is 4.79 Å². The Hall–Kier alpha value is -1.56. The van der Waals surface area contributed by atoms with Gasteiger partial charge < -0.3 is 15.7 Å². The monoisotopic (exact) mass is 356 g/mol. The summed E-state index contributed by atoms with van der Waals surface area (Å²) in [7, 11) is 0. The van der Waals surface area contributed by atoms with E-state index in [0.29, 0.717) is 5.69 Å². The van der Waals surface area contributed by atoms with Crippen molar-refractivity contribution in [2.75, 3.05) is 5.32 Å². The lowest BCUT2D eigenvalue weighted by molar-refractivity contribution is -0.138. The van der Waals surface area contributed by atoms with Crippen LogP contribution in [0, 0.1) is 12.3 Å². The summed E-state index contributed by atoms with van der Waals surface area (Å²) in [4.78, 5) is 22.9. The molecule has 6 heteroatoms. The van der Waals surface area contributed by atoms with Gasteiger partial charge in [0, 0.05) is 16.2 Å². The van der Waals surface area contributed by atoms with Crippen LogP contribution in [0.25, 0.3) is 0 Å². The van der Waals surface area contributed by atoms with E-state index in [9.17, 15) is 9.59 Å². The average Bonchev–Trinajstić information content (AvgIpc) is 2.31. The molecule has 1 atom stereocenters. The van der Waals surface area contributed by atoms with Crippen molar-refractivity contribution in [3.05, 3.63) is 28.2 Å². The van der Waals surface area contributed by atoms with Crippen LogP contribution in [0.2, 0.25) is 0 Å². The molecule has 21 heavy (non-hydrogen) atoms. The second-order valence-corrected chi connectivity index (χ2v) is 6.93. The molecule has 1 unspecified atom stereocenters. The molecule has 3 N–H and O–H groups in total. The zero-order valence-corrected chi connectivity index (χ0v) is 14.2. The number of carboxylic acid groups (broad SMARTS) is 1. The molecule has 0 radical (unpaired) electrons. The zero-order valence-electron chi connectivity index (χ0n) is 12.7. The van der Waals surface area contributed by atoms with Crippen LogP contribution >= 0.6 is 15.9 Å². The number of nitrogens with one attached hydrogen (secondary N) is 2. The van der Waals surface area contributed by atoms with E-state index >= 15 is 0 Å². The van der Waals surface area contributed by atoms with Crippen molar-refractivity contribution >= 4 is 33.6 Å². The molecule has 0 saturated heterocycles. The number of hydrogen-bond donors (Lipinski definition) is 3. The predicted octanol–water partition coefficient (Wildman–Crippen LogP) is 3.77. The van der Waals surface area contributed by atoms with Gasteiger partial charge in [-0.25, -0.2) is 4.79 Å². The van der Waals surface area contributed by atoms with Crippen LogP contribution in [0.1, 0.15) is 32.8 Å². The molecule has 0 saturated carbocycles. The molecule has 0 aromatic heterocycles. The molecule has 1 rings (SSSR count). The van der Waals surface area contributed by atoms with Crippen LogP contribution in [-0.4, -0.2) is 23.1 Å². The van der Waals surface area contributed by atoms with E-state index in [-0.39, 0.29) is 11.8 Å². The quantitative estimate of drug-likeness (QED) is 0.768. The Morgan fingerprint density at radius 3 is 2.43 bits per heavy atom. The maximum Gasteiger partial charge on any atom is 0.319 e.